The third-order valence-electron chi connectivity index (χ3n) is 4.11. The third-order valence-corrected chi connectivity index (χ3v) is 4.47. The van der Waals surface area contributed by atoms with Gasteiger partial charge in [-0.1, -0.05) is 41.9 Å². The fourth-order valence-electron chi connectivity index (χ4n) is 2.99. The Kier molecular flexibility index (Phi) is 4.05. The van der Waals surface area contributed by atoms with Gasteiger partial charge in [0, 0.05) is 17.3 Å². The summed E-state index contributed by atoms with van der Waals surface area (Å²) in [5.41, 5.74) is 2.44. The van der Waals surface area contributed by atoms with Crippen molar-refractivity contribution in [2.24, 2.45) is 0 Å². The number of para-hydroxylation sites is 1. The molecule has 1 unspecified atom stereocenters. The Balaban J connectivity index is 1.52. The Hall–Kier alpha value is -2.59. The number of fused-ring (bicyclic) bond motifs is 1. The van der Waals surface area contributed by atoms with Crippen LogP contribution in [0, 0.1) is 0 Å². The fourth-order valence-corrected chi connectivity index (χ4v) is 3.27. The number of aromatic nitrogens is 2. The zero-order valence-corrected chi connectivity index (χ0v) is 13.7. The van der Waals surface area contributed by atoms with Crippen molar-refractivity contribution in [3.8, 4) is 11.6 Å². The van der Waals surface area contributed by atoms with Gasteiger partial charge >= 0.3 is 0 Å². The lowest BCUT2D eigenvalue weighted by Gasteiger charge is -2.14. The second kappa shape index (κ2) is 6.49. The van der Waals surface area contributed by atoms with Gasteiger partial charge in [0.05, 0.1) is 6.04 Å². The molecule has 0 saturated carbocycles. The Bertz CT molecular complexity index is 854. The number of hydrogen-bond acceptors (Lipinski definition) is 4. The van der Waals surface area contributed by atoms with Gasteiger partial charge in [0.25, 0.3) is 0 Å². The van der Waals surface area contributed by atoms with E-state index in [0.717, 1.165) is 23.6 Å². The first-order valence-corrected chi connectivity index (χ1v) is 8.27. The van der Waals surface area contributed by atoms with Crippen molar-refractivity contribution in [1.82, 2.24) is 9.97 Å². The topological polar surface area (TPSA) is 47.0 Å². The molecule has 1 aliphatic rings. The number of benzene rings is 2. The highest BCUT2D eigenvalue weighted by Crippen LogP contribution is 2.37. The number of nitrogens with zero attached hydrogens (tertiary/aromatic N) is 2. The van der Waals surface area contributed by atoms with Crippen LogP contribution < -0.4 is 10.1 Å². The summed E-state index contributed by atoms with van der Waals surface area (Å²) in [5.74, 6) is 1.82. The zero-order chi connectivity index (χ0) is 16.4. The van der Waals surface area contributed by atoms with Gasteiger partial charge in [-0.2, -0.15) is 4.98 Å². The molecule has 24 heavy (non-hydrogen) atoms. The lowest BCUT2D eigenvalue weighted by atomic mass is 10.1. The maximum absolute atomic E-state index is 6.27. The first kappa shape index (κ1) is 15.0. The van der Waals surface area contributed by atoms with Crippen molar-refractivity contribution in [3.63, 3.8) is 0 Å². The molecule has 1 atom stereocenters. The van der Waals surface area contributed by atoms with Gasteiger partial charge in [-0.3, -0.25) is 0 Å². The van der Waals surface area contributed by atoms with Crippen LogP contribution in [0.1, 0.15) is 23.6 Å². The Morgan fingerprint density at radius 2 is 1.92 bits per heavy atom. The van der Waals surface area contributed by atoms with Gasteiger partial charge < -0.3 is 10.1 Å². The summed E-state index contributed by atoms with van der Waals surface area (Å²) in [4.78, 5) is 8.75. The van der Waals surface area contributed by atoms with Gasteiger partial charge in [-0.05, 0) is 42.2 Å². The summed E-state index contributed by atoms with van der Waals surface area (Å²) in [7, 11) is 0. The molecule has 4 rings (SSSR count). The molecule has 2 aromatic carbocycles. The minimum Gasteiger partial charge on any atom is -0.439 e. The number of halogens is 1. The van der Waals surface area contributed by atoms with E-state index in [-0.39, 0.29) is 6.04 Å². The monoisotopic (exact) mass is 337 g/mol. The summed E-state index contributed by atoms with van der Waals surface area (Å²) < 4.78 is 5.76. The first-order valence-electron chi connectivity index (χ1n) is 7.89. The SMILES string of the molecule is Clc1cccc2c1CCC2Nc1nccc(Oc2ccccc2)n1. The molecular formula is C19H16ClN3O. The van der Waals surface area contributed by atoms with Crippen LogP contribution in [-0.4, -0.2) is 9.97 Å². The molecule has 3 aromatic rings. The molecule has 1 heterocycles. The number of hydrogen-bond donors (Lipinski definition) is 1. The normalized spacial score (nSPS) is 15.8. The fraction of sp³-hybridized carbons (Fsp3) is 0.158. The standard InChI is InChI=1S/C19H16ClN3O/c20-16-8-4-7-15-14(16)9-10-17(15)22-19-21-12-11-18(23-19)24-13-5-2-1-3-6-13/h1-8,11-12,17H,9-10H2,(H,21,22,23). The molecule has 4 nitrogen and oxygen atoms in total. The zero-order valence-electron chi connectivity index (χ0n) is 12.9. The smallest absolute Gasteiger partial charge is 0.226 e. The molecule has 1 aliphatic carbocycles. The lowest BCUT2D eigenvalue weighted by molar-refractivity contribution is 0.462. The van der Waals surface area contributed by atoms with Gasteiger partial charge in [0.2, 0.25) is 11.8 Å². The molecule has 120 valence electrons. The Labute approximate surface area is 145 Å². The molecule has 0 amide bonds. The van der Waals surface area contributed by atoms with Crippen LogP contribution in [0.2, 0.25) is 5.02 Å². The Morgan fingerprint density at radius 3 is 2.79 bits per heavy atom. The average molecular weight is 338 g/mol. The molecule has 1 aromatic heterocycles. The third kappa shape index (κ3) is 3.05. The molecule has 1 N–H and O–H groups in total. The molecule has 0 spiro atoms. The van der Waals surface area contributed by atoms with Crippen molar-refractivity contribution >= 4 is 17.5 Å². The van der Waals surface area contributed by atoms with Gasteiger partial charge in [-0.15, -0.1) is 0 Å². The van der Waals surface area contributed by atoms with Crippen LogP contribution in [0.5, 0.6) is 11.6 Å². The van der Waals surface area contributed by atoms with E-state index >= 15 is 0 Å². The second-order valence-electron chi connectivity index (χ2n) is 5.68. The maximum atomic E-state index is 6.27. The van der Waals surface area contributed by atoms with Crippen molar-refractivity contribution < 1.29 is 4.74 Å². The highest BCUT2D eigenvalue weighted by molar-refractivity contribution is 6.31. The van der Waals surface area contributed by atoms with E-state index in [0.29, 0.717) is 11.8 Å². The summed E-state index contributed by atoms with van der Waals surface area (Å²) in [6.45, 7) is 0. The first-order chi connectivity index (χ1) is 11.8. The number of ether oxygens (including phenoxy) is 1. The van der Waals surface area contributed by atoms with Gasteiger partial charge in [0.1, 0.15) is 5.75 Å². The molecule has 0 fully saturated rings. The minimum absolute atomic E-state index is 0.172. The lowest BCUT2D eigenvalue weighted by Crippen LogP contribution is -2.10. The summed E-state index contributed by atoms with van der Waals surface area (Å²) in [6, 6.07) is 17.5. The highest BCUT2D eigenvalue weighted by atomic mass is 35.5. The van der Waals surface area contributed by atoms with Crippen LogP contribution >= 0.6 is 11.6 Å². The number of rotatable bonds is 4. The van der Waals surface area contributed by atoms with E-state index in [4.69, 9.17) is 16.3 Å². The van der Waals surface area contributed by atoms with Crippen molar-refractivity contribution in [1.29, 1.82) is 0 Å². The van der Waals surface area contributed by atoms with E-state index < -0.39 is 0 Å². The largest absolute Gasteiger partial charge is 0.439 e. The second-order valence-corrected chi connectivity index (χ2v) is 6.08. The van der Waals surface area contributed by atoms with Crippen LogP contribution in [-0.2, 0) is 6.42 Å². The van der Waals surface area contributed by atoms with Crippen molar-refractivity contribution in [3.05, 3.63) is 76.9 Å². The molecule has 0 bridgehead atoms. The number of nitrogens with one attached hydrogen (secondary N) is 1. The van der Waals surface area contributed by atoms with Crippen LogP contribution in [0.25, 0.3) is 0 Å². The van der Waals surface area contributed by atoms with Gasteiger partial charge in [0.15, 0.2) is 0 Å². The van der Waals surface area contributed by atoms with E-state index in [2.05, 4.69) is 21.4 Å². The predicted octanol–water partition coefficient (Wildman–Crippen LogP) is 5.02. The highest BCUT2D eigenvalue weighted by Gasteiger charge is 2.24. The summed E-state index contributed by atoms with van der Waals surface area (Å²) in [6.07, 6.45) is 3.64. The average Bonchev–Trinajstić information content (AvgIpc) is 3.01. The van der Waals surface area contributed by atoms with Crippen molar-refractivity contribution in [2.45, 2.75) is 18.9 Å². The van der Waals surface area contributed by atoms with Crippen LogP contribution in [0.15, 0.2) is 60.8 Å². The molecular weight excluding hydrogens is 322 g/mol. The van der Waals surface area contributed by atoms with E-state index in [1.807, 2.05) is 42.5 Å². The minimum atomic E-state index is 0.172. The van der Waals surface area contributed by atoms with Crippen molar-refractivity contribution in [2.75, 3.05) is 5.32 Å². The molecule has 0 radical (unpaired) electrons. The molecule has 5 heteroatoms. The molecule has 0 saturated heterocycles. The quantitative estimate of drug-likeness (QED) is 0.726. The van der Waals surface area contributed by atoms with E-state index in [1.165, 1.54) is 11.1 Å². The van der Waals surface area contributed by atoms with Gasteiger partial charge in [-0.25, -0.2) is 4.98 Å². The number of anilines is 1. The predicted molar refractivity (Wildman–Crippen MR) is 94.7 cm³/mol. The molecule has 0 aliphatic heterocycles. The summed E-state index contributed by atoms with van der Waals surface area (Å²) in [5, 5.41) is 4.22. The summed E-state index contributed by atoms with van der Waals surface area (Å²) >= 11 is 6.27. The van der Waals surface area contributed by atoms with E-state index in [9.17, 15) is 0 Å². The maximum Gasteiger partial charge on any atom is 0.226 e. The Morgan fingerprint density at radius 1 is 1.04 bits per heavy atom. The van der Waals surface area contributed by atoms with E-state index in [1.54, 1.807) is 12.3 Å². The van der Waals surface area contributed by atoms with Crippen LogP contribution in [0.3, 0.4) is 0 Å². The van der Waals surface area contributed by atoms with Crippen LogP contribution in [0.4, 0.5) is 5.95 Å².